The van der Waals surface area contributed by atoms with E-state index in [1.54, 1.807) is 7.11 Å². The van der Waals surface area contributed by atoms with Gasteiger partial charge >= 0.3 is 0 Å². The van der Waals surface area contributed by atoms with Crippen LogP contribution < -0.4 is 15.8 Å². The van der Waals surface area contributed by atoms with E-state index >= 15 is 0 Å². The first-order valence-corrected chi connectivity index (χ1v) is 9.10. The maximum absolute atomic E-state index is 13.6. The second-order valence-electron chi connectivity index (χ2n) is 6.82. The Morgan fingerprint density at radius 1 is 1.23 bits per heavy atom. The maximum atomic E-state index is 13.6. The molecule has 1 aliphatic carbocycles. The molecule has 0 unspecified atom stereocenters. The number of methoxy groups -OCH3 is 1. The molecule has 3 N–H and O–H groups in total. The zero-order chi connectivity index (χ0) is 18.5. The number of hydrogen-bond donors (Lipinski definition) is 2. The molecule has 6 nitrogen and oxygen atoms in total. The lowest BCUT2D eigenvalue weighted by Gasteiger charge is -2.34. The Bertz CT molecular complexity index is 718. The quantitative estimate of drug-likeness (QED) is 0.747. The van der Waals surface area contributed by atoms with E-state index in [4.69, 9.17) is 10.5 Å². The number of aryl methyl sites for hydroxylation is 1. The van der Waals surface area contributed by atoms with Gasteiger partial charge in [-0.15, -0.1) is 0 Å². The van der Waals surface area contributed by atoms with Crippen LogP contribution in [-0.4, -0.2) is 28.1 Å². The van der Waals surface area contributed by atoms with Crippen LogP contribution in [0.2, 0.25) is 0 Å². The van der Waals surface area contributed by atoms with E-state index in [-0.39, 0.29) is 17.8 Å². The summed E-state index contributed by atoms with van der Waals surface area (Å²) < 4.78 is 18.8. The molecule has 1 aromatic heterocycles. The van der Waals surface area contributed by atoms with Gasteiger partial charge in [-0.25, -0.2) is 4.39 Å². The number of nitrogen functional groups attached to an aromatic ring is 1. The fraction of sp³-hybridized carbons (Fsp3) is 0.526. The number of nitrogens with zero attached hydrogens (tertiary/aromatic N) is 3. The van der Waals surface area contributed by atoms with Crippen LogP contribution in [0.3, 0.4) is 0 Å². The van der Waals surface area contributed by atoms with Crippen LogP contribution in [-0.2, 0) is 6.42 Å². The van der Waals surface area contributed by atoms with Crippen molar-refractivity contribution in [3.63, 3.8) is 0 Å². The first-order valence-electron chi connectivity index (χ1n) is 9.10. The van der Waals surface area contributed by atoms with Gasteiger partial charge in [-0.1, -0.05) is 18.6 Å². The Morgan fingerprint density at radius 3 is 2.54 bits per heavy atom. The summed E-state index contributed by atoms with van der Waals surface area (Å²) in [6, 6.07) is 8.35. The van der Waals surface area contributed by atoms with Crippen LogP contribution in [0, 0.1) is 5.92 Å². The summed E-state index contributed by atoms with van der Waals surface area (Å²) in [5.41, 5.74) is 6.96. The number of rotatable bonds is 8. The molecular weight excluding hydrogens is 333 g/mol. The summed E-state index contributed by atoms with van der Waals surface area (Å²) in [6.07, 6.45) is 4.23. The van der Waals surface area contributed by atoms with Gasteiger partial charge in [-0.2, -0.15) is 15.0 Å². The second-order valence-corrected chi connectivity index (χ2v) is 6.82. The molecule has 1 aromatic carbocycles. The standard InChI is InChI=1S/C19H26FN5O/c1-12(20)17-23-18(21)25-19(24-17)22-16(14-4-3-5-14)11-8-13-6-9-15(26-2)10-7-13/h6-7,9-10,12,14,16H,3-5,8,11H2,1-2H3,(H3,21,22,23,24,25)/t12-,16-/m0/s1. The molecule has 1 aliphatic rings. The third kappa shape index (κ3) is 4.59. The molecule has 1 fully saturated rings. The topological polar surface area (TPSA) is 86.0 Å². The number of ether oxygens (including phenoxy) is 1. The largest absolute Gasteiger partial charge is 0.497 e. The van der Waals surface area contributed by atoms with Gasteiger partial charge in [0, 0.05) is 6.04 Å². The molecular formula is C19H26FN5O. The van der Waals surface area contributed by atoms with Crippen LogP contribution in [0.25, 0.3) is 0 Å². The van der Waals surface area contributed by atoms with Crippen molar-refractivity contribution in [2.45, 2.75) is 51.2 Å². The van der Waals surface area contributed by atoms with E-state index in [1.165, 1.54) is 31.7 Å². The Morgan fingerprint density at radius 2 is 1.96 bits per heavy atom. The average molecular weight is 359 g/mol. The number of benzene rings is 1. The fourth-order valence-electron chi connectivity index (χ4n) is 3.20. The summed E-state index contributed by atoms with van der Waals surface area (Å²) in [4.78, 5) is 12.2. The van der Waals surface area contributed by atoms with Crippen molar-refractivity contribution >= 4 is 11.9 Å². The Labute approximate surface area is 153 Å². The number of halogens is 1. The summed E-state index contributed by atoms with van der Waals surface area (Å²) >= 11 is 0. The molecule has 140 valence electrons. The zero-order valence-electron chi connectivity index (χ0n) is 15.3. The Kier molecular flexibility index (Phi) is 5.85. The molecule has 0 bridgehead atoms. The van der Waals surface area contributed by atoms with Crippen molar-refractivity contribution in [3.8, 4) is 5.75 Å². The molecule has 7 heteroatoms. The van der Waals surface area contributed by atoms with Crippen molar-refractivity contribution < 1.29 is 9.13 Å². The number of nitrogens with two attached hydrogens (primary N) is 1. The van der Waals surface area contributed by atoms with Gasteiger partial charge in [0.15, 0.2) is 12.0 Å². The van der Waals surface area contributed by atoms with E-state index in [1.807, 2.05) is 12.1 Å². The summed E-state index contributed by atoms with van der Waals surface area (Å²) in [5.74, 6) is 1.92. The lowest BCUT2D eigenvalue weighted by atomic mass is 9.78. The summed E-state index contributed by atoms with van der Waals surface area (Å²) in [5, 5.41) is 3.38. The van der Waals surface area contributed by atoms with E-state index < -0.39 is 6.17 Å². The van der Waals surface area contributed by atoms with Crippen molar-refractivity contribution in [2.24, 2.45) is 5.92 Å². The van der Waals surface area contributed by atoms with Crippen LogP contribution in [0.15, 0.2) is 24.3 Å². The number of alkyl halides is 1. The molecule has 0 saturated heterocycles. The first-order chi connectivity index (χ1) is 12.5. The molecule has 0 aliphatic heterocycles. The minimum atomic E-state index is -1.28. The molecule has 26 heavy (non-hydrogen) atoms. The van der Waals surface area contributed by atoms with Gasteiger partial charge in [-0.05, 0) is 56.2 Å². The highest BCUT2D eigenvalue weighted by molar-refractivity contribution is 5.33. The van der Waals surface area contributed by atoms with Gasteiger partial charge in [0.25, 0.3) is 0 Å². The van der Waals surface area contributed by atoms with Gasteiger partial charge in [0.2, 0.25) is 11.9 Å². The van der Waals surface area contributed by atoms with Gasteiger partial charge in [-0.3, -0.25) is 0 Å². The molecule has 1 saturated carbocycles. The predicted octanol–water partition coefficient (Wildman–Crippen LogP) is 3.71. The minimum absolute atomic E-state index is 0.0458. The molecule has 3 rings (SSSR count). The van der Waals surface area contributed by atoms with E-state index in [9.17, 15) is 4.39 Å². The Balaban J connectivity index is 1.68. The fourth-order valence-corrected chi connectivity index (χ4v) is 3.20. The van der Waals surface area contributed by atoms with Gasteiger partial charge in [0.1, 0.15) is 5.75 Å². The summed E-state index contributed by atoms with van der Waals surface area (Å²) in [7, 11) is 1.67. The molecule has 0 amide bonds. The summed E-state index contributed by atoms with van der Waals surface area (Å²) in [6.45, 7) is 1.39. The molecule has 2 aromatic rings. The number of nitrogens with one attached hydrogen (secondary N) is 1. The van der Waals surface area contributed by atoms with Crippen molar-refractivity contribution in [1.29, 1.82) is 0 Å². The highest BCUT2D eigenvalue weighted by atomic mass is 19.1. The van der Waals surface area contributed by atoms with Crippen molar-refractivity contribution in [3.05, 3.63) is 35.7 Å². The molecule has 0 radical (unpaired) electrons. The normalized spacial score (nSPS) is 16.6. The minimum Gasteiger partial charge on any atom is -0.497 e. The third-order valence-corrected chi connectivity index (χ3v) is 4.96. The molecule has 1 heterocycles. The maximum Gasteiger partial charge on any atom is 0.228 e. The van der Waals surface area contributed by atoms with Crippen LogP contribution in [0.1, 0.15) is 50.2 Å². The first kappa shape index (κ1) is 18.4. The molecule has 0 spiro atoms. The van der Waals surface area contributed by atoms with Crippen molar-refractivity contribution in [2.75, 3.05) is 18.2 Å². The highest BCUT2D eigenvalue weighted by Gasteiger charge is 2.28. The lowest BCUT2D eigenvalue weighted by Crippen LogP contribution is -2.35. The SMILES string of the molecule is COc1ccc(CC[C@H](Nc2nc(N)nc([C@H](C)F)n2)C2CCC2)cc1. The van der Waals surface area contributed by atoms with E-state index in [0.29, 0.717) is 11.9 Å². The van der Waals surface area contributed by atoms with Gasteiger partial charge < -0.3 is 15.8 Å². The zero-order valence-corrected chi connectivity index (χ0v) is 15.3. The smallest absolute Gasteiger partial charge is 0.228 e. The highest BCUT2D eigenvalue weighted by Crippen LogP contribution is 2.33. The third-order valence-electron chi connectivity index (χ3n) is 4.96. The van der Waals surface area contributed by atoms with E-state index in [0.717, 1.165) is 18.6 Å². The Hall–Kier alpha value is -2.44. The predicted molar refractivity (Wildman–Crippen MR) is 99.8 cm³/mol. The van der Waals surface area contributed by atoms with Crippen LogP contribution >= 0.6 is 0 Å². The second kappa shape index (κ2) is 8.29. The van der Waals surface area contributed by atoms with Crippen LogP contribution in [0.5, 0.6) is 5.75 Å². The van der Waals surface area contributed by atoms with E-state index in [2.05, 4.69) is 32.4 Å². The number of hydrogen-bond acceptors (Lipinski definition) is 6. The average Bonchev–Trinajstić information content (AvgIpc) is 2.58. The number of anilines is 2. The molecule has 2 atom stereocenters. The lowest BCUT2D eigenvalue weighted by molar-refractivity contribution is 0.265. The van der Waals surface area contributed by atoms with Crippen LogP contribution in [0.4, 0.5) is 16.3 Å². The monoisotopic (exact) mass is 359 g/mol. The van der Waals surface area contributed by atoms with Crippen molar-refractivity contribution in [1.82, 2.24) is 15.0 Å². The van der Waals surface area contributed by atoms with Gasteiger partial charge in [0.05, 0.1) is 7.11 Å². The number of aromatic nitrogens is 3.